The van der Waals surface area contributed by atoms with Crippen molar-refractivity contribution >= 4 is 13.8 Å². The van der Waals surface area contributed by atoms with E-state index in [1.165, 1.54) is 12.1 Å². The number of phosphoric acid groups is 1. The molecule has 0 unspecified atom stereocenters. The Kier molecular flexibility index (Phi) is 6.17. The zero-order valence-corrected chi connectivity index (χ0v) is 24.7. The number of methoxy groups -OCH3 is 2. The minimum absolute atomic E-state index is 0.0120. The normalized spacial score (nSPS) is 39.0. The average molecular weight is 676 g/mol. The van der Waals surface area contributed by atoms with E-state index in [-0.39, 0.29) is 48.2 Å². The number of ether oxygens (including phenoxy) is 9. The molecule has 2 aromatic rings. The van der Waals surface area contributed by atoms with E-state index in [0.717, 1.165) is 12.1 Å². The highest BCUT2D eigenvalue weighted by atomic mass is 31.2. The van der Waals surface area contributed by atoms with Crippen LogP contribution in [0.2, 0.25) is 0 Å². The fourth-order valence-electron chi connectivity index (χ4n) is 6.52. The van der Waals surface area contributed by atoms with Gasteiger partial charge in [0.15, 0.2) is 35.6 Å². The van der Waals surface area contributed by atoms with E-state index in [2.05, 4.69) is 4.52 Å². The molecule has 4 heterocycles. The summed E-state index contributed by atoms with van der Waals surface area (Å²) < 4.78 is 123. The molecule has 4 N–H and O–H groups in total. The van der Waals surface area contributed by atoms with Crippen molar-refractivity contribution in [1.29, 1.82) is 0 Å². The number of carbonyl (C=O) groups excluding carboxylic acids is 1. The number of rotatable bonds is 7. The van der Waals surface area contributed by atoms with Gasteiger partial charge in [0, 0.05) is 13.2 Å². The molecule has 2 aromatic carbocycles. The molecule has 10 atom stereocenters. The molecule has 0 radical (unpaired) electrons. The first-order chi connectivity index (χ1) is 24.6. The van der Waals surface area contributed by atoms with Crippen LogP contribution in [0.25, 0.3) is 0 Å². The van der Waals surface area contributed by atoms with Crippen LogP contribution in [0.3, 0.4) is 0 Å². The lowest BCUT2D eigenvalue weighted by Crippen LogP contribution is -2.63. The Morgan fingerprint density at radius 2 is 1.65 bits per heavy atom. The summed E-state index contributed by atoms with van der Waals surface area (Å²) in [4.78, 5) is 33.0. The molecule has 5 aliphatic rings. The maximum atomic E-state index is 13.7. The van der Waals surface area contributed by atoms with Gasteiger partial charge >= 0.3 is 13.8 Å². The third kappa shape index (κ3) is 5.37. The van der Waals surface area contributed by atoms with Crippen LogP contribution in [0, 0.1) is 11.8 Å². The van der Waals surface area contributed by atoms with E-state index in [1.807, 2.05) is 0 Å². The van der Waals surface area contributed by atoms with E-state index in [9.17, 15) is 30.7 Å². The Labute approximate surface area is 272 Å². The van der Waals surface area contributed by atoms with Crippen molar-refractivity contribution in [3.63, 3.8) is 0 Å². The molecule has 1 aliphatic carbocycles. The summed E-state index contributed by atoms with van der Waals surface area (Å²) in [7, 11) is -12.2. The van der Waals surface area contributed by atoms with Gasteiger partial charge in [0.2, 0.25) is 12.5 Å². The van der Waals surface area contributed by atoms with Crippen LogP contribution in [0.5, 0.6) is 28.7 Å². The van der Waals surface area contributed by atoms with E-state index in [4.69, 9.17) is 50.9 Å². The molecule has 0 spiro atoms. The van der Waals surface area contributed by atoms with Crippen LogP contribution in [0.1, 0.15) is 45.2 Å². The van der Waals surface area contributed by atoms with Gasteiger partial charge in [0.1, 0.15) is 24.4 Å². The van der Waals surface area contributed by atoms with Gasteiger partial charge in [0.05, 0.1) is 47.5 Å². The minimum Gasteiger partial charge on any atom is -0.493 e. The number of esters is 1. The topological polar surface area (TPSA) is 207 Å². The molecular weight excluding hydrogens is 635 g/mol. The van der Waals surface area contributed by atoms with Crippen LogP contribution in [0.4, 0.5) is 0 Å². The summed E-state index contributed by atoms with van der Waals surface area (Å²) in [6, 6.07) is 4.51. The fourth-order valence-corrected chi connectivity index (χ4v) is 6.93. The summed E-state index contributed by atoms with van der Waals surface area (Å²) in [5.41, 5.74) is -0.246. The van der Waals surface area contributed by atoms with Gasteiger partial charge in [-0.2, -0.15) is 0 Å². The number of aliphatic hydroxyl groups excluding tert-OH is 2. The first kappa shape index (κ1) is 24.0. The second kappa shape index (κ2) is 11.8. The van der Waals surface area contributed by atoms with Gasteiger partial charge in [-0.1, -0.05) is 0 Å². The number of benzene rings is 2. The number of hydrogen-bond acceptors (Lipinski definition) is 14. The molecule has 0 aromatic heterocycles. The molecule has 46 heavy (non-hydrogen) atoms. The second-order valence-electron chi connectivity index (χ2n) is 11.1. The van der Waals surface area contributed by atoms with Crippen molar-refractivity contribution in [2.75, 3.05) is 34.1 Å². The van der Waals surface area contributed by atoms with Crippen LogP contribution in [-0.2, 0) is 33.0 Å². The Morgan fingerprint density at radius 1 is 0.957 bits per heavy atom. The van der Waals surface area contributed by atoms with Crippen LogP contribution in [-0.4, -0.2) is 97.0 Å². The molecule has 0 saturated carbocycles. The lowest BCUT2D eigenvalue weighted by atomic mass is 9.66. The van der Waals surface area contributed by atoms with E-state index in [1.54, 1.807) is 6.92 Å². The summed E-state index contributed by atoms with van der Waals surface area (Å²) in [5.74, 6) is -8.67. The highest BCUT2D eigenvalue weighted by Crippen LogP contribution is 2.57. The minimum atomic E-state index is -5.54. The predicted octanol–water partition coefficient (Wildman–Crippen LogP) is 1.10. The first-order valence-corrected chi connectivity index (χ1v) is 15.5. The zero-order valence-electron chi connectivity index (χ0n) is 30.8. The molecule has 16 nitrogen and oxygen atoms in total. The lowest BCUT2D eigenvalue weighted by Gasteiger charge is -2.47. The number of carbonyl (C=O) groups is 1. The number of fused-ring (bicyclic) bond motifs is 4. The smallest absolute Gasteiger partial charge is 0.493 e. The third-order valence-corrected chi connectivity index (χ3v) is 8.89. The van der Waals surface area contributed by atoms with Gasteiger partial charge in [-0.3, -0.25) is 14.6 Å². The van der Waals surface area contributed by atoms with E-state index >= 15 is 0 Å². The number of aliphatic hydroxyl groups is 2. The first-order valence-electron chi connectivity index (χ1n) is 17.5. The highest BCUT2D eigenvalue weighted by Gasteiger charge is 2.56. The lowest BCUT2D eigenvalue weighted by molar-refractivity contribution is -0.364. The fraction of sp³-hybridized carbons (Fsp3) is 0.552. The van der Waals surface area contributed by atoms with Crippen LogP contribution >= 0.6 is 7.82 Å². The van der Waals surface area contributed by atoms with E-state index in [0.29, 0.717) is 0 Å². The number of phosphoric ester groups is 1. The number of hydrogen-bond donors (Lipinski definition) is 4. The van der Waals surface area contributed by atoms with Crippen molar-refractivity contribution in [3.05, 3.63) is 41.0 Å². The van der Waals surface area contributed by atoms with Crippen molar-refractivity contribution < 1.29 is 86.1 Å². The van der Waals surface area contributed by atoms with Gasteiger partial charge in [-0.15, -0.1) is 0 Å². The van der Waals surface area contributed by atoms with Crippen molar-refractivity contribution in [2.45, 2.75) is 55.9 Å². The monoisotopic (exact) mass is 675 g/mol. The summed E-state index contributed by atoms with van der Waals surface area (Å²) in [5, 5.41) is 22.1. The quantitative estimate of drug-likeness (QED) is 0.239. The average Bonchev–Trinajstić information content (AvgIpc) is 3.67. The van der Waals surface area contributed by atoms with Gasteiger partial charge in [0.25, 0.3) is 0 Å². The number of cyclic esters (lactones) is 1. The summed E-state index contributed by atoms with van der Waals surface area (Å²) >= 11 is 0. The van der Waals surface area contributed by atoms with Gasteiger partial charge in [-0.05, 0) is 47.9 Å². The SMILES string of the molecule is [2H]C([2H])([2H])Oc1cc([C@]2([2H])c3cc4c(cc3[C@@H](O[C@@H]3O[C@@H]5CO[C@@H](C)O[C@H]5[C@H](O)[C@H]3O)[C@H]3COC(=O)[C@@H]32)OCO4)cc(OC([2H])([2H])[2H])c1OP(=O)(O)O. The molecule has 3 fully saturated rings. The third-order valence-electron chi connectivity index (χ3n) is 8.47. The molecule has 17 heteroatoms. The highest BCUT2D eigenvalue weighted by molar-refractivity contribution is 7.46. The molecule has 3 saturated heterocycles. The van der Waals surface area contributed by atoms with Gasteiger partial charge in [-0.25, -0.2) is 4.57 Å². The Balaban J connectivity index is 1.40. The summed E-state index contributed by atoms with van der Waals surface area (Å²) in [6.07, 6.45) is -8.43. The molecule has 0 bridgehead atoms. The molecular formula is C29H33O16P. The van der Waals surface area contributed by atoms with Crippen LogP contribution in [0.15, 0.2) is 24.3 Å². The molecule has 7 rings (SSSR count). The van der Waals surface area contributed by atoms with Crippen LogP contribution < -0.4 is 23.5 Å². The zero-order chi connectivity index (χ0) is 38.4. The maximum absolute atomic E-state index is 13.7. The van der Waals surface area contributed by atoms with Gasteiger partial charge < -0.3 is 57.4 Å². The molecule has 250 valence electrons. The van der Waals surface area contributed by atoms with Crippen molar-refractivity contribution in [3.8, 4) is 28.7 Å². The second-order valence-corrected chi connectivity index (χ2v) is 12.3. The Morgan fingerprint density at radius 3 is 2.33 bits per heavy atom. The maximum Gasteiger partial charge on any atom is 0.525 e. The largest absolute Gasteiger partial charge is 0.525 e. The predicted molar refractivity (Wildman–Crippen MR) is 149 cm³/mol. The standard InChI is InChI=1S/C29H33O16P/c1-11-38-9-20-27(42-11)23(30)24(31)29(43-20)44-25-14-7-17-16(40-10-41-17)6-13(14)21(22-15(25)8-39-28(22)32)12-4-18(36-2)26(19(5-12)37-3)45-46(33,34)35/h4-7,11,15,20-25,27,29-31H,8-10H2,1-3H3,(H2,33,34,35)/t11-,15+,20-,21-,22+,23-,24-,25-,27-,29+/m1/s1/i2D3,3D3,21D. The Bertz CT molecular complexity index is 1780. The van der Waals surface area contributed by atoms with Crippen molar-refractivity contribution in [2.24, 2.45) is 11.8 Å². The molecule has 4 aliphatic heterocycles. The van der Waals surface area contributed by atoms with E-state index < -0.39 is 106 Å². The summed E-state index contributed by atoms with van der Waals surface area (Å²) in [6.45, 7) is 1.01. The Hall–Kier alpha value is -3.18. The van der Waals surface area contributed by atoms with Crippen molar-refractivity contribution in [1.82, 2.24) is 0 Å². The molecule has 0 amide bonds.